The van der Waals surface area contributed by atoms with Gasteiger partial charge in [-0.15, -0.1) is 0 Å². The van der Waals surface area contributed by atoms with Crippen molar-refractivity contribution in [3.63, 3.8) is 0 Å². The van der Waals surface area contributed by atoms with Crippen LogP contribution in [0.4, 0.5) is 17.2 Å². The molecule has 0 aliphatic carbocycles. The minimum atomic E-state index is 0.886. The maximum atomic E-state index is 4.66. The lowest BCUT2D eigenvalue weighted by molar-refractivity contribution is 1.11. The molecular weight excluding hydrogens is 356 g/mol. The molecule has 0 bridgehead atoms. The molecule has 0 saturated heterocycles. The van der Waals surface area contributed by atoms with Crippen molar-refractivity contribution in [1.82, 2.24) is 15.0 Å². The van der Waals surface area contributed by atoms with Crippen LogP contribution >= 0.6 is 0 Å². The molecule has 1 aliphatic rings. The summed E-state index contributed by atoms with van der Waals surface area (Å²) in [5.41, 5.74) is 6.74. The van der Waals surface area contributed by atoms with Gasteiger partial charge in [0.05, 0.1) is 11.4 Å². The molecule has 0 fully saturated rings. The van der Waals surface area contributed by atoms with E-state index >= 15 is 0 Å². The molecule has 0 amide bonds. The van der Waals surface area contributed by atoms with Crippen LogP contribution in [0, 0.1) is 0 Å². The van der Waals surface area contributed by atoms with Gasteiger partial charge in [-0.05, 0) is 52.4 Å². The monoisotopic (exact) mass is 372 g/mol. The Bertz CT molecular complexity index is 1350. The second kappa shape index (κ2) is 6.24. The van der Waals surface area contributed by atoms with Gasteiger partial charge in [-0.3, -0.25) is 9.88 Å². The fourth-order valence-corrected chi connectivity index (χ4v) is 4.16. The molecule has 0 N–H and O–H groups in total. The summed E-state index contributed by atoms with van der Waals surface area (Å²) in [7, 11) is 0. The molecule has 0 saturated carbocycles. The van der Waals surface area contributed by atoms with E-state index in [2.05, 4.69) is 74.4 Å². The van der Waals surface area contributed by atoms with E-state index in [-0.39, 0.29) is 0 Å². The number of nitrogens with zero attached hydrogens (tertiary/aromatic N) is 4. The molecule has 2 aromatic heterocycles. The molecule has 1 aliphatic heterocycles. The quantitative estimate of drug-likeness (QED) is 0.366. The zero-order chi connectivity index (χ0) is 19.2. The first-order valence-corrected chi connectivity index (χ1v) is 9.53. The number of pyridine rings is 1. The molecule has 0 radical (unpaired) electrons. The molecule has 4 heteroatoms. The number of fused-ring (bicyclic) bond motifs is 2. The first-order valence-electron chi connectivity index (χ1n) is 9.53. The number of anilines is 3. The van der Waals surface area contributed by atoms with Crippen LogP contribution in [0.2, 0.25) is 0 Å². The molecule has 6 rings (SSSR count). The first kappa shape index (κ1) is 16.0. The van der Waals surface area contributed by atoms with Gasteiger partial charge in [-0.1, -0.05) is 42.5 Å². The summed E-state index contributed by atoms with van der Waals surface area (Å²) < 4.78 is 0. The van der Waals surface area contributed by atoms with Crippen LogP contribution in [0.25, 0.3) is 33.0 Å². The van der Waals surface area contributed by atoms with Crippen LogP contribution in [0.15, 0.2) is 97.7 Å². The summed E-state index contributed by atoms with van der Waals surface area (Å²) in [5.74, 6) is 0.886. The van der Waals surface area contributed by atoms with Gasteiger partial charge >= 0.3 is 0 Å². The van der Waals surface area contributed by atoms with E-state index in [0.29, 0.717) is 0 Å². The van der Waals surface area contributed by atoms with Crippen LogP contribution in [0.1, 0.15) is 0 Å². The topological polar surface area (TPSA) is 41.9 Å². The summed E-state index contributed by atoms with van der Waals surface area (Å²) in [6, 6.07) is 25.4. The fourth-order valence-electron chi connectivity index (χ4n) is 4.16. The van der Waals surface area contributed by atoms with Crippen molar-refractivity contribution in [3.8, 4) is 22.3 Å². The van der Waals surface area contributed by atoms with Crippen LogP contribution in [0.3, 0.4) is 0 Å². The Morgan fingerprint density at radius 3 is 2.41 bits per heavy atom. The van der Waals surface area contributed by atoms with Gasteiger partial charge < -0.3 is 0 Å². The lowest BCUT2D eigenvalue weighted by atomic mass is 9.90. The Balaban J connectivity index is 1.71. The maximum absolute atomic E-state index is 4.66. The van der Waals surface area contributed by atoms with E-state index < -0.39 is 0 Å². The number of aromatic nitrogens is 3. The summed E-state index contributed by atoms with van der Waals surface area (Å²) in [4.78, 5) is 15.4. The molecule has 0 spiro atoms. The predicted molar refractivity (Wildman–Crippen MR) is 116 cm³/mol. The van der Waals surface area contributed by atoms with E-state index in [0.717, 1.165) is 28.3 Å². The molecule has 0 atom stereocenters. The lowest BCUT2D eigenvalue weighted by Crippen LogP contribution is -2.16. The van der Waals surface area contributed by atoms with Gasteiger partial charge in [0.1, 0.15) is 12.1 Å². The summed E-state index contributed by atoms with van der Waals surface area (Å²) in [6.45, 7) is 0. The Hall–Kier alpha value is -4.05. The molecule has 29 heavy (non-hydrogen) atoms. The summed E-state index contributed by atoms with van der Waals surface area (Å²) in [6.07, 6.45) is 7.14. The molecule has 3 aromatic carbocycles. The third-order valence-electron chi connectivity index (χ3n) is 5.42. The second-order valence-corrected chi connectivity index (χ2v) is 7.07. The highest BCUT2D eigenvalue weighted by atomic mass is 15.2. The van der Waals surface area contributed by atoms with Gasteiger partial charge in [-0.25, -0.2) is 9.97 Å². The van der Waals surface area contributed by atoms with Gasteiger partial charge in [0.2, 0.25) is 0 Å². The van der Waals surface area contributed by atoms with Gasteiger partial charge in [0, 0.05) is 29.5 Å². The summed E-state index contributed by atoms with van der Waals surface area (Å²) in [5, 5.41) is 2.42. The fraction of sp³-hybridized carbons (Fsp3) is 0. The second-order valence-electron chi connectivity index (χ2n) is 7.07. The normalized spacial score (nSPS) is 12.1. The van der Waals surface area contributed by atoms with E-state index in [1.165, 1.54) is 21.9 Å². The van der Waals surface area contributed by atoms with Crippen molar-refractivity contribution < 1.29 is 0 Å². The number of hydrogen-bond acceptors (Lipinski definition) is 4. The molecular formula is C25H16N4. The molecule has 3 heterocycles. The SMILES string of the molecule is c1ccc(-c2cc3c4c(cccc4c2)N(c2ccncc2)c2ncncc2-3)cc1. The Morgan fingerprint density at radius 2 is 1.55 bits per heavy atom. The smallest absolute Gasteiger partial charge is 0.148 e. The summed E-state index contributed by atoms with van der Waals surface area (Å²) >= 11 is 0. The zero-order valence-electron chi connectivity index (χ0n) is 15.5. The van der Waals surface area contributed by atoms with Gasteiger partial charge in [0.25, 0.3) is 0 Å². The highest BCUT2D eigenvalue weighted by Gasteiger charge is 2.27. The van der Waals surface area contributed by atoms with Crippen molar-refractivity contribution in [2.45, 2.75) is 0 Å². The number of benzene rings is 3. The maximum Gasteiger partial charge on any atom is 0.148 e. The van der Waals surface area contributed by atoms with Gasteiger partial charge in [0.15, 0.2) is 0 Å². The number of rotatable bonds is 2. The van der Waals surface area contributed by atoms with Crippen molar-refractivity contribution in [2.24, 2.45) is 0 Å². The molecule has 0 unspecified atom stereocenters. The average molecular weight is 372 g/mol. The van der Waals surface area contributed by atoms with Crippen LogP contribution in [-0.4, -0.2) is 15.0 Å². The average Bonchev–Trinajstić information content (AvgIpc) is 2.80. The van der Waals surface area contributed by atoms with Crippen molar-refractivity contribution in [2.75, 3.05) is 4.90 Å². The lowest BCUT2D eigenvalue weighted by Gasteiger charge is -2.32. The standard InChI is InChI=1S/C25H16N4/c1-2-5-17(6-3-1)19-13-18-7-4-8-23-24(18)21(14-19)22-15-27-16-28-25(22)29(23)20-9-11-26-12-10-20/h1-16H. The molecule has 136 valence electrons. The largest absolute Gasteiger partial charge is 0.294 e. The van der Waals surface area contributed by atoms with Crippen LogP contribution in [0.5, 0.6) is 0 Å². The van der Waals surface area contributed by atoms with E-state index in [9.17, 15) is 0 Å². The Morgan fingerprint density at radius 1 is 0.690 bits per heavy atom. The van der Waals surface area contributed by atoms with Crippen LogP contribution in [-0.2, 0) is 0 Å². The minimum absolute atomic E-state index is 0.886. The Kier molecular flexibility index (Phi) is 3.43. The van der Waals surface area contributed by atoms with E-state index in [1.807, 2.05) is 36.8 Å². The first-order chi connectivity index (χ1) is 14.4. The minimum Gasteiger partial charge on any atom is -0.294 e. The zero-order valence-corrected chi connectivity index (χ0v) is 15.5. The van der Waals surface area contributed by atoms with Crippen LogP contribution < -0.4 is 4.90 Å². The van der Waals surface area contributed by atoms with E-state index in [4.69, 9.17) is 0 Å². The molecule has 5 aromatic rings. The van der Waals surface area contributed by atoms with E-state index in [1.54, 1.807) is 6.33 Å². The van der Waals surface area contributed by atoms with Gasteiger partial charge in [-0.2, -0.15) is 0 Å². The Labute approximate surface area is 168 Å². The highest BCUT2D eigenvalue weighted by molar-refractivity contribution is 6.14. The highest BCUT2D eigenvalue weighted by Crippen LogP contribution is 2.50. The van der Waals surface area contributed by atoms with Crippen molar-refractivity contribution in [1.29, 1.82) is 0 Å². The number of hydrogen-bond donors (Lipinski definition) is 0. The van der Waals surface area contributed by atoms with Crippen molar-refractivity contribution in [3.05, 3.63) is 97.7 Å². The molecule has 4 nitrogen and oxygen atoms in total. The third kappa shape index (κ3) is 2.43. The predicted octanol–water partition coefficient (Wildman–Crippen LogP) is 6.14. The third-order valence-corrected chi connectivity index (χ3v) is 5.42. The van der Waals surface area contributed by atoms with Crippen molar-refractivity contribution >= 4 is 28.0 Å².